The molecule has 0 saturated heterocycles. The number of rotatable bonds is 5. The Balaban J connectivity index is 1.59. The van der Waals surface area contributed by atoms with E-state index in [1.165, 1.54) is 12.8 Å². The van der Waals surface area contributed by atoms with E-state index in [4.69, 9.17) is 5.11 Å². The van der Waals surface area contributed by atoms with E-state index in [0.29, 0.717) is 11.8 Å². The molecule has 100 valence electrons. The number of carbonyl (C=O) groups is 2. The minimum Gasteiger partial charge on any atom is -0.481 e. The summed E-state index contributed by atoms with van der Waals surface area (Å²) in [7, 11) is 0. The second-order valence-electron chi connectivity index (χ2n) is 5.70. The number of aryl methyl sites for hydroxylation is 1. The molecule has 1 aromatic carbocycles. The Morgan fingerprint density at radius 3 is 2.79 bits per heavy atom. The van der Waals surface area contributed by atoms with E-state index < -0.39 is 5.97 Å². The van der Waals surface area contributed by atoms with Gasteiger partial charge < -0.3 is 10.4 Å². The Morgan fingerprint density at radius 1 is 1.37 bits per heavy atom. The number of carbonyl (C=O) groups excluding carboxylic acids is 1. The number of hydrogen-bond donors (Lipinski definition) is 2. The van der Waals surface area contributed by atoms with Crippen LogP contribution in [-0.2, 0) is 16.0 Å². The summed E-state index contributed by atoms with van der Waals surface area (Å²) >= 11 is 0. The average molecular weight is 259 g/mol. The molecule has 1 amide bonds. The van der Waals surface area contributed by atoms with Gasteiger partial charge >= 0.3 is 5.97 Å². The van der Waals surface area contributed by atoms with Crippen molar-refractivity contribution >= 4 is 17.6 Å². The highest BCUT2D eigenvalue weighted by Gasteiger charge is 2.65. The molecule has 4 nitrogen and oxygen atoms in total. The third-order valence-electron chi connectivity index (χ3n) is 4.22. The number of carboxylic acids is 1. The quantitative estimate of drug-likeness (QED) is 0.853. The minimum absolute atomic E-state index is 0.114. The fraction of sp³-hybridized carbons (Fsp3) is 0.467. The fourth-order valence-corrected chi connectivity index (χ4v) is 2.72. The summed E-state index contributed by atoms with van der Waals surface area (Å²) in [4.78, 5) is 22.5. The third kappa shape index (κ3) is 2.62. The normalized spacial score (nSPS) is 22.0. The number of amides is 1. The molecule has 2 fully saturated rings. The van der Waals surface area contributed by atoms with E-state index in [2.05, 4.69) is 5.32 Å². The predicted molar refractivity (Wildman–Crippen MR) is 70.8 cm³/mol. The molecule has 1 spiro atoms. The minimum atomic E-state index is -0.803. The van der Waals surface area contributed by atoms with E-state index >= 15 is 0 Å². The van der Waals surface area contributed by atoms with Gasteiger partial charge in [-0.1, -0.05) is 12.1 Å². The molecule has 4 heteroatoms. The molecule has 2 aliphatic rings. The lowest BCUT2D eigenvalue weighted by Crippen LogP contribution is -2.15. The molecule has 0 aliphatic heterocycles. The fourth-order valence-electron chi connectivity index (χ4n) is 2.72. The maximum absolute atomic E-state index is 12.0. The average Bonchev–Trinajstić information content (AvgIpc) is 3.28. The smallest absolute Gasteiger partial charge is 0.303 e. The predicted octanol–water partition coefficient (Wildman–Crippen LogP) is 2.44. The first-order chi connectivity index (χ1) is 9.09. The van der Waals surface area contributed by atoms with E-state index in [1.54, 1.807) is 0 Å². The summed E-state index contributed by atoms with van der Waals surface area (Å²) in [5.74, 6) is -0.480. The molecule has 0 aromatic heterocycles. The zero-order valence-corrected chi connectivity index (χ0v) is 10.7. The number of nitrogens with one attached hydrogen (secondary N) is 1. The highest BCUT2D eigenvalue weighted by Crippen LogP contribution is 2.70. The van der Waals surface area contributed by atoms with Crippen molar-refractivity contribution in [2.24, 2.45) is 11.3 Å². The van der Waals surface area contributed by atoms with Gasteiger partial charge in [-0.05, 0) is 48.8 Å². The van der Waals surface area contributed by atoms with Crippen molar-refractivity contribution in [3.8, 4) is 0 Å². The highest BCUT2D eigenvalue weighted by molar-refractivity contribution is 5.95. The maximum Gasteiger partial charge on any atom is 0.303 e. The van der Waals surface area contributed by atoms with Crippen molar-refractivity contribution in [3.63, 3.8) is 0 Å². The summed E-state index contributed by atoms with van der Waals surface area (Å²) in [5, 5.41) is 11.6. The van der Waals surface area contributed by atoms with Crippen molar-refractivity contribution < 1.29 is 14.7 Å². The lowest BCUT2D eigenvalue weighted by molar-refractivity contribution is -0.137. The molecular formula is C15H17NO3. The summed E-state index contributed by atoms with van der Waals surface area (Å²) in [6.45, 7) is 0. The van der Waals surface area contributed by atoms with Crippen LogP contribution in [0.25, 0.3) is 0 Å². The Labute approximate surface area is 111 Å². The second kappa shape index (κ2) is 4.37. The largest absolute Gasteiger partial charge is 0.481 e. The molecular weight excluding hydrogens is 242 g/mol. The van der Waals surface area contributed by atoms with Gasteiger partial charge in [0.05, 0.1) is 0 Å². The zero-order chi connectivity index (χ0) is 13.5. The van der Waals surface area contributed by atoms with Crippen molar-refractivity contribution in [2.75, 3.05) is 5.32 Å². The van der Waals surface area contributed by atoms with Gasteiger partial charge in [0, 0.05) is 18.0 Å². The number of aliphatic carboxylic acids is 1. The number of anilines is 1. The van der Waals surface area contributed by atoms with Crippen LogP contribution in [0, 0.1) is 11.3 Å². The first-order valence-electron chi connectivity index (χ1n) is 6.71. The molecule has 0 heterocycles. The van der Waals surface area contributed by atoms with Crippen molar-refractivity contribution in [1.29, 1.82) is 0 Å². The van der Waals surface area contributed by atoms with Gasteiger partial charge in [0.2, 0.25) is 5.91 Å². The molecule has 3 rings (SSSR count). The lowest BCUT2D eigenvalue weighted by Gasteiger charge is -2.06. The molecule has 0 radical (unpaired) electrons. The Hall–Kier alpha value is -1.84. The Kier molecular flexibility index (Phi) is 2.81. The molecule has 2 saturated carbocycles. The van der Waals surface area contributed by atoms with Gasteiger partial charge in [-0.15, -0.1) is 0 Å². The van der Waals surface area contributed by atoms with Crippen LogP contribution < -0.4 is 5.32 Å². The summed E-state index contributed by atoms with van der Waals surface area (Å²) < 4.78 is 0. The maximum atomic E-state index is 12.0. The van der Waals surface area contributed by atoms with E-state index in [0.717, 1.165) is 17.7 Å². The van der Waals surface area contributed by atoms with Gasteiger partial charge in [0.15, 0.2) is 0 Å². The lowest BCUT2D eigenvalue weighted by atomic mass is 10.1. The number of carboxylic acid groups (broad SMARTS) is 1. The van der Waals surface area contributed by atoms with E-state index in [1.807, 2.05) is 24.3 Å². The van der Waals surface area contributed by atoms with Crippen LogP contribution in [0.4, 0.5) is 5.69 Å². The molecule has 0 bridgehead atoms. The van der Waals surface area contributed by atoms with Gasteiger partial charge in [0.25, 0.3) is 0 Å². The molecule has 2 N–H and O–H groups in total. The Morgan fingerprint density at radius 2 is 2.16 bits per heavy atom. The highest BCUT2D eigenvalue weighted by atomic mass is 16.4. The SMILES string of the molecule is O=C(O)CCc1cccc(NC(=O)C2CC23CC3)c1. The molecule has 1 atom stereocenters. The van der Waals surface area contributed by atoms with E-state index in [-0.39, 0.29) is 18.2 Å². The van der Waals surface area contributed by atoms with Crippen molar-refractivity contribution in [1.82, 2.24) is 0 Å². The van der Waals surface area contributed by atoms with Crippen LogP contribution in [0.3, 0.4) is 0 Å². The van der Waals surface area contributed by atoms with Gasteiger partial charge in [-0.3, -0.25) is 9.59 Å². The van der Waals surface area contributed by atoms with Crippen LogP contribution in [0.1, 0.15) is 31.2 Å². The summed E-state index contributed by atoms with van der Waals surface area (Å²) in [5.41, 5.74) is 2.08. The van der Waals surface area contributed by atoms with Gasteiger partial charge in [-0.25, -0.2) is 0 Å². The van der Waals surface area contributed by atoms with Crippen LogP contribution in [-0.4, -0.2) is 17.0 Å². The van der Waals surface area contributed by atoms with Gasteiger partial charge in [0.1, 0.15) is 0 Å². The van der Waals surface area contributed by atoms with Crippen LogP contribution in [0.15, 0.2) is 24.3 Å². The summed E-state index contributed by atoms with van der Waals surface area (Å²) in [6.07, 6.45) is 4.04. The second-order valence-corrected chi connectivity index (χ2v) is 5.70. The first kappa shape index (κ1) is 12.2. The van der Waals surface area contributed by atoms with Gasteiger partial charge in [-0.2, -0.15) is 0 Å². The molecule has 1 unspecified atom stereocenters. The molecule has 2 aliphatic carbocycles. The number of benzene rings is 1. The van der Waals surface area contributed by atoms with Crippen LogP contribution >= 0.6 is 0 Å². The number of hydrogen-bond acceptors (Lipinski definition) is 2. The third-order valence-corrected chi connectivity index (χ3v) is 4.22. The first-order valence-corrected chi connectivity index (χ1v) is 6.71. The van der Waals surface area contributed by atoms with E-state index in [9.17, 15) is 9.59 Å². The van der Waals surface area contributed by atoms with Crippen LogP contribution in [0.2, 0.25) is 0 Å². The Bertz CT molecular complexity index is 534. The van der Waals surface area contributed by atoms with Crippen molar-refractivity contribution in [3.05, 3.63) is 29.8 Å². The van der Waals surface area contributed by atoms with Crippen molar-refractivity contribution in [2.45, 2.75) is 32.1 Å². The molecule has 19 heavy (non-hydrogen) atoms. The zero-order valence-electron chi connectivity index (χ0n) is 10.7. The summed E-state index contributed by atoms with van der Waals surface area (Å²) in [6, 6.07) is 7.46. The molecule has 1 aromatic rings. The monoisotopic (exact) mass is 259 g/mol. The van der Waals surface area contributed by atoms with Crippen LogP contribution in [0.5, 0.6) is 0 Å². The standard InChI is InChI=1S/C15H17NO3/c17-13(18)5-4-10-2-1-3-11(8-10)16-14(19)12-9-15(12)6-7-15/h1-3,8,12H,4-7,9H2,(H,16,19)(H,17,18). The topological polar surface area (TPSA) is 66.4 Å².